The molecule has 9 heavy (non-hydrogen) atoms. The van der Waals surface area contributed by atoms with Gasteiger partial charge in [-0.25, -0.2) is 0 Å². The van der Waals surface area contributed by atoms with E-state index in [0.717, 1.165) is 5.92 Å². The van der Waals surface area contributed by atoms with Gasteiger partial charge in [-0.1, -0.05) is 19.9 Å². The molecule has 0 amide bonds. The van der Waals surface area contributed by atoms with Crippen molar-refractivity contribution in [1.82, 2.24) is 0 Å². The summed E-state index contributed by atoms with van der Waals surface area (Å²) in [4.78, 5) is 4.05. The lowest BCUT2D eigenvalue weighted by atomic mass is 9.91. The van der Waals surface area contributed by atoms with Gasteiger partial charge in [-0.15, -0.1) is 0 Å². The molecule has 0 radical (unpaired) electrons. The molecule has 0 aliphatic carbocycles. The molecule has 0 aromatic rings. The zero-order valence-corrected chi connectivity index (χ0v) is 6.04. The second-order valence-electron chi connectivity index (χ2n) is 2.57. The van der Waals surface area contributed by atoms with Crippen molar-refractivity contribution in [3.63, 3.8) is 0 Å². The van der Waals surface area contributed by atoms with E-state index in [1.165, 1.54) is 6.42 Å². The lowest BCUT2D eigenvalue weighted by Gasteiger charge is -2.16. The minimum atomic E-state index is 0.639. The van der Waals surface area contributed by atoms with Crippen molar-refractivity contribution in [3.8, 4) is 0 Å². The number of hydrogen-bond donors (Lipinski definition) is 0. The van der Waals surface area contributed by atoms with Gasteiger partial charge in [0.2, 0.25) is 0 Å². The summed E-state index contributed by atoms with van der Waals surface area (Å²) in [6.07, 6.45) is 7.33. The SMILES string of the molecule is CCC1C=CN=CC1C. The van der Waals surface area contributed by atoms with E-state index in [1.807, 2.05) is 12.4 Å². The molecule has 0 bridgehead atoms. The molecule has 0 fully saturated rings. The van der Waals surface area contributed by atoms with Crippen molar-refractivity contribution in [2.45, 2.75) is 20.3 Å². The van der Waals surface area contributed by atoms with Crippen LogP contribution in [0.3, 0.4) is 0 Å². The second kappa shape index (κ2) is 2.81. The Morgan fingerprint density at radius 3 is 2.78 bits per heavy atom. The summed E-state index contributed by atoms with van der Waals surface area (Å²) in [5, 5.41) is 0. The summed E-state index contributed by atoms with van der Waals surface area (Å²) < 4.78 is 0. The van der Waals surface area contributed by atoms with Crippen LogP contribution in [0.1, 0.15) is 20.3 Å². The zero-order valence-electron chi connectivity index (χ0n) is 6.04. The highest BCUT2D eigenvalue weighted by Crippen LogP contribution is 2.17. The minimum absolute atomic E-state index is 0.639. The number of hydrogen-bond acceptors (Lipinski definition) is 1. The van der Waals surface area contributed by atoms with Gasteiger partial charge < -0.3 is 0 Å². The molecule has 1 nitrogen and oxygen atoms in total. The van der Waals surface area contributed by atoms with Gasteiger partial charge in [-0.3, -0.25) is 4.99 Å². The van der Waals surface area contributed by atoms with Gasteiger partial charge in [0, 0.05) is 12.4 Å². The van der Waals surface area contributed by atoms with E-state index in [4.69, 9.17) is 0 Å². The Kier molecular flexibility index (Phi) is 2.04. The van der Waals surface area contributed by atoms with Crippen molar-refractivity contribution in [3.05, 3.63) is 12.3 Å². The van der Waals surface area contributed by atoms with Gasteiger partial charge in [0.15, 0.2) is 0 Å². The lowest BCUT2D eigenvalue weighted by molar-refractivity contribution is 0.523. The third-order valence-corrected chi connectivity index (χ3v) is 1.89. The molecule has 2 atom stereocenters. The third-order valence-electron chi connectivity index (χ3n) is 1.89. The van der Waals surface area contributed by atoms with E-state index in [2.05, 4.69) is 24.9 Å². The molecular formula is C8H13N. The van der Waals surface area contributed by atoms with Crippen LogP contribution in [0.2, 0.25) is 0 Å². The van der Waals surface area contributed by atoms with Crippen molar-refractivity contribution in [2.75, 3.05) is 0 Å². The predicted octanol–water partition coefficient (Wildman–Crippen LogP) is 2.25. The molecule has 1 heterocycles. The molecule has 0 saturated carbocycles. The van der Waals surface area contributed by atoms with Gasteiger partial charge in [0.25, 0.3) is 0 Å². The summed E-state index contributed by atoms with van der Waals surface area (Å²) in [5.74, 6) is 1.36. The summed E-state index contributed by atoms with van der Waals surface area (Å²) >= 11 is 0. The first kappa shape index (κ1) is 6.53. The highest BCUT2D eigenvalue weighted by Gasteiger charge is 2.11. The molecular weight excluding hydrogens is 110 g/mol. The van der Waals surface area contributed by atoms with E-state index < -0.39 is 0 Å². The van der Waals surface area contributed by atoms with Crippen LogP contribution in [0.4, 0.5) is 0 Å². The standard InChI is InChI=1S/C8H13N/c1-3-8-4-5-9-6-7(8)2/h4-8H,3H2,1-2H3. The van der Waals surface area contributed by atoms with Gasteiger partial charge in [0.05, 0.1) is 0 Å². The summed E-state index contributed by atoms with van der Waals surface area (Å²) in [5.41, 5.74) is 0. The van der Waals surface area contributed by atoms with E-state index in [0.29, 0.717) is 5.92 Å². The first-order valence-electron chi connectivity index (χ1n) is 3.54. The molecule has 0 spiro atoms. The largest absolute Gasteiger partial charge is 0.269 e. The predicted molar refractivity (Wildman–Crippen MR) is 40.6 cm³/mol. The number of nitrogens with zero attached hydrogens (tertiary/aromatic N) is 1. The van der Waals surface area contributed by atoms with Crippen LogP contribution in [-0.4, -0.2) is 6.21 Å². The van der Waals surface area contributed by atoms with Crippen LogP contribution in [0.15, 0.2) is 17.3 Å². The molecule has 1 aliphatic rings. The smallest absolute Gasteiger partial charge is 0.0227 e. The van der Waals surface area contributed by atoms with Gasteiger partial charge in [-0.05, 0) is 18.3 Å². The number of aliphatic imine (C=N–C) groups is 1. The molecule has 50 valence electrons. The fraction of sp³-hybridized carbons (Fsp3) is 0.625. The van der Waals surface area contributed by atoms with Crippen LogP contribution in [0.25, 0.3) is 0 Å². The maximum absolute atomic E-state index is 4.05. The molecule has 2 unspecified atom stereocenters. The van der Waals surface area contributed by atoms with E-state index in [9.17, 15) is 0 Å². The Labute approximate surface area is 56.5 Å². The van der Waals surface area contributed by atoms with Crippen molar-refractivity contribution < 1.29 is 0 Å². The maximum Gasteiger partial charge on any atom is 0.0227 e. The summed E-state index contributed by atoms with van der Waals surface area (Å²) in [6.45, 7) is 4.42. The minimum Gasteiger partial charge on any atom is -0.269 e. The molecule has 0 aromatic heterocycles. The number of allylic oxidation sites excluding steroid dienone is 1. The number of rotatable bonds is 1. The fourth-order valence-electron chi connectivity index (χ4n) is 1.14. The molecule has 0 aromatic carbocycles. The van der Waals surface area contributed by atoms with Gasteiger partial charge in [-0.2, -0.15) is 0 Å². The Morgan fingerprint density at radius 1 is 1.56 bits per heavy atom. The third kappa shape index (κ3) is 1.41. The van der Waals surface area contributed by atoms with Crippen LogP contribution in [0.5, 0.6) is 0 Å². The fourth-order valence-corrected chi connectivity index (χ4v) is 1.14. The Morgan fingerprint density at radius 2 is 2.33 bits per heavy atom. The summed E-state index contributed by atoms with van der Waals surface area (Å²) in [7, 11) is 0. The maximum atomic E-state index is 4.05. The Bertz CT molecular complexity index is 136. The molecule has 0 N–H and O–H groups in total. The first-order valence-corrected chi connectivity index (χ1v) is 3.54. The topological polar surface area (TPSA) is 12.4 Å². The normalized spacial score (nSPS) is 33.1. The first-order chi connectivity index (χ1) is 4.34. The molecule has 1 rings (SSSR count). The van der Waals surface area contributed by atoms with Crippen LogP contribution in [-0.2, 0) is 0 Å². The average Bonchev–Trinajstić information content (AvgIpc) is 1.89. The van der Waals surface area contributed by atoms with Crippen LogP contribution in [0, 0.1) is 11.8 Å². The van der Waals surface area contributed by atoms with Gasteiger partial charge >= 0.3 is 0 Å². The molecule has 0 saturated heterocycles. The highest BCUT2D eigenvalue weighted by atomic mass is 14.7. The Hall–Kier alpha value is -0.590. The zero-order chi connectivity index (χ0) is 6.69. The lowest BCUT2D eigenvalue weighted by Crippen LogP contribution is -2.11. The summed E-state index contributed by atoms with van der Waals surface area (Å²) in [6, 6.07) is 0. The van der Waals surface area contributed by atoms with Crippen LogP contribution < -0.4 is 0 Å². The highest BCUT2D eigenvalue weighted by molar-refractivity contribution is 5.63. The second-order valence-corrected chi connectivity index (χ2v) is 2.57. The molecule has 1 heteroatoms. The van der Waals surface area contributed by atoms with Crippen molar-refractivity contribution >= 4 is 6.21 Å². The monoisotopic (exact) mass is 123 g/mol. The molecule has 1 aliphatic heterocycles. The van der Waals surface area contributed by atoms with E-state index in [1.54, 1.807) is 0 Å². The Balaban J connectivity index is 2.55. The van der Waals surface area contributed by atoms with Crippen LogP contribution >= 0.6 is 0 Å². The van der Waals surface area contributed by atoms with E-state index >= 15 is 0 Å². The van der Waals surface area contributed by atoms with Gasteiger partial charge in [0.1, 0.15) is 0 Å². The average molecular weight is 123 g/mol. The quantitative estimate of drug-likeness (QED) is 0.507. The van der Waals surface area contributed by atoms with Crippen molar-refractivity contribution in [2.24, 2.45) is 16.8 Å². The van der Waals surface area contributed by atoms with Crippen molar-refractivity contribution in [1.29, 1.82) is 0 Å². The van der Waals surface area contributed by atoms with E-state index in [-0.39, 0.29) is 0 Å².